The molecule has 0 unspecified atom stereocenters. The van der Waals surface area contributed by atoms with Gasteiger partial charge in [0.25, 0.3) is 0 Å². The lowest BCUT2D eigenvalue weighted by Gasteiger charge is -2.34. The number of piperazine rings is 1. The first-order valence-corrected chi connectivity index (χ1v) is 11.7. The molecule has 1 aliphatic heterocycles. The fourth-order valence-electron chi connectivity index (χ4n) is 3.27. The molecule has 0 radical (unpaired) electrons. The van der Waals surface area contributed by atoms with Crippen molar-refractivity contribution in [2.45, 2.75) is 4.90 Å². The quantitative estimate of drug-likeness (QED) is 0.542. The van der Waals surface area contributed by atoms with Gasteiger partial charge in [-0.2, -0.15) is 4.31 Å². The number of sulfonamides is 1. The first-order chi connectivity index (χ1) is 14.3. The topological polar surface area (TPSA) is 66.4 Å². The van der Waals surface area contributed by atoms with Crippen molar-refractivity contribution >= 4 is 50.6 Å². The van der Waals surface area contributed by atoms with E-state index in [4.69, 9.17) is 34.8 Å². The van der Waals surface area contributed by atoms with Crippen LogP contribution in [0.15, 0.2) is 59.5 Å². The number of anilines is 1. The number of aromatic nitrogens is 2. The summed E-state index contributed by atoms with van der Waals surface area (Å²) < 4.78 is 27.1. The van der Waals surface area contributed by atoms with Gasteiger partial charge in [-0.25, -0.2) is 8.42 Å². The van der Waals surface area contributed by atoms with Gasteiger partial charge in [0.05, 0.1) is 15.6 Å². The van der Waals surface area contributed by atoms with E-state index in [0.29, 0.717) is 52.8 Å². The van der Waals surface area contributed by atoms with Crippen LogP contribution in [-0.4, -0.2) is 49.1 Å². The van der Waals surface area contributed by atoms with Crippen LogP contribution in [0.4, 0.5) is 5.82 Å². The monoisotopic (exact) mass is 482 g/mol. The minimum atomic E-state index is -3.58. The Balaban J connectivity index is 1.45. The summed E-state index contributed by atoms with van der Waals surface area (Å²) in [5, 5.41) is 10.0. The summed E-state index contributed by atoms with van der Waals surface area (Å²) in [7, 11) is -3.58. The van der Waals surface area contributed by atoms with Crippen molar-refractivity contribution in [3.63, 3.8) is 0 Å². The number of rotatable bonds is 4. The highest BCUT2D eigenvalue weighted by atomic mass is 35.5. The molecule has 1 saturated heterocycles. The van der Waals surface area contributed by atoms with Gasteiger partial charge in [0.15, 0.2) is 5.82 Å². The lowest BCUT2D eigenvalue weighted by Crippen LogP contribution is -2.49. The van der Waals surface area contributed by atoms with Crippen LogP contribution in [0.2, 0.25) is 15.1 Å². The summed E-state index contributed by atoms with van der Waals surface area (Å²) in [6, 6.07) is 15.2. The van der Waals surface area contributed by atoms with Gasteiger partial charge in [0, 0.05) is 41.8 Å². The largest absolute Gasteiger partial charge is 0.352 e. The zero-order valence-electron chi connectivity index (χ0n) is 15.7. The normalized spacial score (nSPS) is 15.4. The zero-order valence-corrected chi connectivity index (χ0v) is 18.8. The maximum absolute atomic E-state index is 12.8. The molecule has 0 bridgehead atoms. The van der Waals surface area contributed by atoms with Gasteiger partial charge in [0.1, 0.15) is 0 Å². The van der Waals surface area contributed by atoms with E-state index >= 15 is 0 Å². The van der Waals surface area contributed by atoms with Gasteiger partial charge in [-0.3, -0.25) is 0 Å². The van der Waals surface area contributed by atoms with E-state index in [1.807, 2.05) is 17.0 Å². The molecule has 2 aromatic carbocycles. The summed E-state index contributed by atoms with van der Waals surface area (Å²) in [6.07, 6.45) is 0. The Hall–Kier alpha value is -1.90. The number of nitrogens with zero attached hydrogens (tertiary/aromatic N) is 4. The molecule has 0 N–H and O–H groups in total. The molecule has 0 aliphatic carbocycles. The summed E-state index contributed by atoms with van der Waals surface area (Å²) in [4.78, 5) is 2.21. The molecule has 10 heteroatoms. The highest BCUT2D eigenvalue weighted by Gasteiger charge is 2.29. The maximum Gasteiger partial charge on any atom is 0.243 e. The number of halogens is 3. The Bertz CT molecular complexity index is 1160. The Morgan fingerprint density at radius 3 is 2.17 bits per heavy atom. The number of benzene rings is 2. The average molecular weight is 484 g/mol. The summed E-state index contributed by atoms with van der Waals surface area (Å²) in [5.74, 6) is 0.684. The van der Waals surface area contributed by atoms with E-state index in [2.05, 4.69) is 10.2 Å². The molecule has 156 valence electrons. The summed E-state index contributed by atoms with van der Waals surface area (Å²) in [6.45, 7) is 1.72. The molecule has 30 heavy (non-hydrogen) atoms. The minimum absolute atomic E-state index is 0.201. The Morgan fingerprint density at radius 1 is 0.800 bits per heavy atom. The average Bonchev–Trinajstić information content (AvgIpc) is 2.74. The van der Waals surface area contributed by atoms with Crippen LogP contribution in [-0.2, 0) is 10.0 Å². The van der Waals surface area contributed by atoms with E-state index in [-0.39, 0.29) is 4.90 Å². The van der Waals surface area contributed by atoms with Crippen molar-refractivity contribution in [2.75, 3.05) is 31.1 Å². The van der Waals surface area contributed by atoms with Gasteiger partial charge < -0.3 is 4.90 Å². The summed E-state index contributed by atoms with van der Waals surface area (Å²) in [5.41, 5.74) is 1.39. The van der Waals surface area contributed by atoms with Crippen LogP contribution < -0.4 is 4.90 Å². The van der Waals surface area contributed by atoms with E-state index in [9.17, 15) is 8.42 Å². The highest BCUT2D eigenvalue weighted by molar-refractivity contribution is 7.89. The van der Waals surface area contributed by atoms with E-state index < -0.39 is 10.0 Å². The molecule has 1 fully saturated rings. The lowest BCUT2D eigenvalue weighted by atomic mass is 10.1. The van der Waals surface area contributed by atoms with Crippen molar-refractivity contribution in [3.8, 4) is 11.3 Å². The minimum Gasteiger partial charge on any atom is -0.352 e. The van der Waals surface area contributed by atoms with Crippen LogP contribution in [0.25, 0.3) is 11.3 Å². The lowest BCUT2D eigenvalue weighted by molar-refractivity contribution is 0.383. The predicted octanol–water partition coefficient (Wildman–Crippen LogP) is 4.61. The smallest absolute Gasteiger partial charge is 0.243 e. The van der Waals surface area contributed by atoms with E-state index in [0.717, 1.165) is 5.56 Å². The second kappa shape index (κ2) is 8.69. The Kier molecular flexibility index (Phi) is 6.18. The molecular weight excluding hydrogens is 467 g/mol. The molecule has 6 nitrogen and oxygen atoms in total. The third-order valence-corrected chi connectivity index (χ3v) is 7.53. The fraction of sp³-hybridized carbons (Fsp3) is 0.200. The van der Waals surface area contributed by atoms with Crippen molar-refractivity contribution in [2.24, 2.45) is 0 Å². The van der Waals surface area contributed by atoms with Crippen molar-refractivity contribution in [1.82, 2.24) is 14.5 Å². The second-order valence-electron chi connectivity index (χ2n) is 6.75. The van der Waals surface area contributed by atoms with E-state index in [1.165, 1.54) is 10.4 Å². The zero-order chi connectivity index (χ0) is 21.3. The second-order valence-corrected chi connectivity index (χ2v) is 9.97. The van der Waals surface area contributed by atoms with Gasteiger partial charge in [-0.15, -0.1) is 10.2 Å². The van der Waals surface area contributed by atoms with Crippen LogP contribution >= 0.6 is 34.8 Å². The first kappa shape index (κ1) is 21.3. The van der Waals surface area contributed by atoms with E-state index in [1.54, 1.807) is 36.4 Å². The van der Waals surface area contributed by atoms with Crippen LogP contribution in [0.5, 0.6) is 0 Å². The summed E-state index contributed by atoms with van der Waals surface area (Å²) >= 11 is 18.1. The molecule has 0 amide bonds. The van der Waals surface area contributed by atoms with Crippen LogP contribution in [0, 0.1) is 0 Å². The Labute approximate surface area is 190 Å². The first-order valence-electron chi connectivity index (χ1n) is 9.14. The molecule has 0 spiro atoms. The third-order valence-electron chi connectivity index (χ3n) is 4.85. The SMILES string of the molecule is O=S(=O)(c1cccc(Cl)c1)N1CCN(c2ccc(-c3ccc(Cl)cc3Cl)nn2)CC1. The van der Waals surface area contributed by atoms with Crippen molar-refractivity contribution in [3.05, 3.63) is 69.7 Å². The molecule has 0 atom stereocenters. The van der Waals surface area contributed by atoms with Gasteiger partial charge in [-0.05, 0) is 48.5 Å². The molecule has 1 aromatic heterocycles. The number of hydrogen-bond donors (Lipinski definition) is 0. The third kappa shape index (κ3) is 4.40. The highest BCUT2D eigenvalue weighted by Crippen LogP contribution is 2.29. The predicted molar refractivity (Wildman–Crippen MR) is 120 cm³/mol. The van der Waals surface area contributed by atoms with Crippen LogP contribution in [0.1, 0.15) is 0 Å². The molecule has 3 aromatic rings. The Morgan fingerprint density at radius 2 is 1.53 bits per heavy atom. The van der Waals surface area contributed by atoms with Crippen molar-refractivity contribution < 1.29 is 8.42 Å². The molecule has 4 rings (SSSR count). The van der Waals surface area contributed by atoms with Gasteiger partial charge in [0.2, 0.25) is 10.0 Å². The van der Waals surface area contributed by atoms with Crippen LogP contribution in [0.3, 0.4) is 0 Å². The van der Waals surface area contributed by atoms with Gasteiger partial charge >= 0.3 is 0 Å². The number of hydrogen-bond acceptors (Lipinski definition) is 5. The maximum atomic E-state index is 12.8. The van der Waals surface area contributed by atoms with Gasteiger partial charge in [-0.1, -0.05) is 40.9 Å². The molecule has 1 aliphatic rings. The molecule has 2 heterocycles. The molecule has 0 saturated carbocycles. The standard InChI is InChI=1S/C20H17Cl3N4O2S/c21-14-2-1-3-16(12-14)30(28,29)27-10-8-26(9-11-27)20-7-6-19(24-25-20)17-5-4-15(22)13-18(17)23/h1-7,12-13H,8-11H2. The van der Waals surface area contributed by atoms with Crippen molar-refractivity contribution in [1.29, 1.82) is 0 Å². The fourth-order valence-corrected chi connectivity index (χ4v) is 5.50. The molecular formula is C20H17Cl3N4O2S.